The number of nitrogens with zero attached hydrogens (tertiary/aromatic N) is 7. The largest absolute Gasteiger partial charge is 0.497 e. The maximum Gasteiger partial charge on any atom is 0.187 e. The van der Waals surface area contributed by atoms with Crippen molar-refractivity contribution in [3.63, 3.8) is 0 Å². The zero-order valence-electron chi connectivity index (χ0n) is 13.2. The van der Waals surface area contributed by atoms with Gasteiger partial charge >= 0.3 is 0 Å². The number of fused-ring (bicyclic) bond motifs is 1. The van der Waals surface area contributed by atoms with E-state index in [1.165, 1.54) is 6.33 Å². The number of nitriles is 1. The van der Waals surface area contributed by atoms with Crippen molar-refractivity contribution in [2.24, 2.45) is 0 Å². The highest BCUT2D eigenvalue weighted by molar-refractivity contribution is 5.70. The van der Waals surface area contributed by atoms with Gasteiger partial charge in [0.15, 0.2) is 16.9 Å². The molecule has 9 heteroatoms. The molecule has 0 aliphatic carbocycles. The van der Waals surface area contributed by atoms with Crippen LogP contribution in [0, 0.1) is 11.3 Å². The SMILES string of the molecule is COc1ccc(-n2nnc3cnc(Cc4[nH]cnc4C#N)nc32)cc1. The van der Waals surface area contributed by atoms with Crippen molar-refractivity contribution < 1.29 is 4.74 Å². The lowest BCUT2D eigenvalue weighted by atomic mass is 10.2. The quantitative estimate of drug-likeness (QED) is 0.600. The Balaban J connectivity index is 1.73. The molecule has 3 aromatic heterocycles. The first kappa shape index (κ1) is 14.8. The second-order valence-electron chi connectivity index (χ2n) is 5.21. The average Bonchev–Trinajstić information content (AvgIpc) is 3.28. The van der Waals surface area contributed by atoms with Gasteiger partial charge in [0.05, 0.1) is 37.4 Å². The Morgan fingerprint density at radius 2 is 2.08 bits per heavy atom. The number of H-pyrrole nitrogens is 1. The molecule has 4 rings (SSSR count). The summed E-state index contributed by atoms with van der Waals surface area (Å²) in [5.41, 5.74) is 3.00. The first-order valence-electron chi connectivity index (χ1n) is 7.42. The van der Waals surface area contributed by atoms with Crippen LogP contribution in [0.15, 0.2) is 36.8 Å². The number of aromatic amines is 1. The molecule has 9 nitrogen and oxygen atoms in total. The molecule has 0 radical (unpaired) electrons. The van der Waals surface area contributed by atoms with Gasteiger partial charge in [0, 0.05) is 0 Å². The van der Waals surface area contributed by atoms with Gasteiger partial charge in [-0.15, -0.1) is 5.10 Å². The number of hydrogen-bond acceptors (Lipinski definition) is 7. The molecule has 0 fully saturated rings. The molecule has 1 aromatic carbocycles. The Bertz CT molecular complexity index is 1070. The highest BCUT2D eigenvalue weighted by Crippen LogP contribution is 2.18. The molecule has 0 unspecified atom stereocenters. The first-order valence-corrected chi connectivity index (χ1v) is 7.42. The maximum absolute atomic E-state index is 9.05. The van der Waals surface area contributed by atoms with Crippen LogP contribution in [0.1, 0.15) is 17.2 Å². The molecule has 0 saturated heterocycles. The average molecular weight is 332 g/mol. The van der Waals surface area contributed by atoms with E-state index in [1.54, 1.807) is 18.0 Å². The van der Waals surface area contributed by atoms with Crippen molar-refractivity contribution in [2.45, 2.75) is 6.42 Å². The molecule has 0 aliphatic rings. The number of benzene rings is 1. The molecule has 1 N–H and O–H groups in total. The number of methoxy groups -OCH3 is 1. The number of imidazole rings is 1. The van der Waals surface area contributed by atoms with Gasteiger partial charge in [-0.3, -0.25) is 0 Å². The van der Waals surface area contributed by atoms with E-state index >= 15 is 0 Å². The van der Waals surface area contributed by atoms with Crippen LogP contribution in [0.5, 0.6) is 5.75 Å². The minimum Gasteiger partial charge on any atom is -0.497 e. The standard InChI is InChI=1S/C16H12N8O/c1-25-11-4-2-10(3-5-11)24-16-14(22-23-24)8-18-15(21-16)6-12-13(7-17)20-9-19-12/h2-5,8-9H,6H2,1H3,(H,19,20). The summed E-state index contributed by atoms with van der Waals surface area (Å²) in [6.45, 7) is 0. The van der Waals surface area contributed by atoms with E-state index in [9.17, 15) is 0 Å². The van der Waals surface area contributed by atoms with Gasteiger partial charge in [0.2, 0.25) is 0 Å². The molecule has 122 valence electrons. The van der Waals surface area contributed by atoms with E-state index in [0.29, 0.717) is 34.8 Å². The van der Waals surface area contributed by atoms with Gasteiger partial charge in [-0.05, 0) is 24.3 Å². The molecular formula is C16H12N8O. The highest BCUT2D eigenvalue weighted by atomic mass is 16.5. The van der Waals surface area contributed by atoms with Crippen LogP contribution in [0.3, 0.4) is 0 Å². The Kier molecular flexibility index (Phi) is 3.55. The van der Waals surface area contributed by atoms with E-state index in [0.717, 1.165) is 11.4 Å². The summed E-state index contributed by atoms with van der Waals surface area (Å²) in [5, 5.41) is 17.3. The van der Waals surface area contributed by atoms with Crippen molar-refractivity contribution in [2.75, 3.05) is 7.11 Å². The van der Waals surface area contributed by atoms with Crippen LogP contribution in [0.2, 0.25) is 0 Å². The van der Waals surface area contributed by atoms with Crippen LogP contribution in [0.25, 0.3) is 16.9 Å². The molecule has 0 saturated carbocycles. The summed E-state index contributed by atoms with van der Waals surface area (Å²) >= 11 is 0. The molecule has 25 heavy (non-hydrogen) atoms. The van der Waals surface area contributed by atoms with Crippen LogP contribution >= 0.6 is 0 Å². The van der Waals surface area contributed by atoms with E-state index in [-0.39, 0.29) is 0 Å². The van der Waals surface area contributed by atoms with Gasteiger partial charge in [0.25, 0.3) is 0 Å². The topological polar surface area (TPSA) is 118 Å². The lowest BCUT2D eigenvalue weighted by molar-refractivity contribution is 0.414. The molecule has 0 spiro atoms. The summed E-state index contributed by atoms with van der Waals surface area (Å²) in [4.78, 5) is 15.7. The number of hydrogen-bond donors (Lipinski definition) is 1. The Morgan fingerprint density at radius 1 is 1.24 bits per heavy atom. The molecule has 3 heterocycles. The van der Waals surface area contributed by atoms with Crippen molar-refractivity contribution in [1.29, 1.82) is 5.26 Å². The third kappa shape index (κ3) is 2.66. The van der Waals surface area contributed by atoms with Gasteiger partial charge in [-0.2, -0.15) is 9.94 Å². The van der Waals surface area contributed by atoms with Gasteiger partial charge in [0.1, 0.15) is 17.6 Å². The van der Waals surface area contributed by atoms with E-state index < -0.39 is 0 Å². The maximum atomic E-state index is 9.05. The van der Waals surface area contributed by atoms with Crippen molar-refractivity contribution in [1.82, 2.24) is 34.9 Å². The van der Waals surface area contributed by atoms with Crippen LogP contribution in [0.4, 0.5) is 0 Å². The third-order valence-electron chi connectivity index (χ3n) is 3.72. The summed E-state index contributed by atoms with van der Waals surface area (Å²) in [5.74, 6) is 1.30. The third-order valence-corrected chi connectivity index (χ3v) is 3.72. The lowest BCUT2D eigenvalue weighted by Crippen LogP contribution is -2.02. The minimum absolute atomic E-state index is 0.338. The van der Waals surface area contributed by atoms with Gasteiger partial charge in [-0.25, -0.2) is 15.0 Å². The van der Waals surface area contributed by atoms with Crippen LogP contribution in [-0.4, -0.2) is 42.0 Å². The Morgan fingerprint density at radius 3 is 2.84 bits per heavy atom. The molecule has 0 atom stereocenters. The summed E-state index contributed by atoms with van der Waals surface area (Å²) in [6.07, 6.45) is 3.47. The second kappa shape index (κ2) is 6.01. The predicted octanol–water partition coefficient (Wildman–Crippen LogP) is 1.40. The minimum atomic E-state index is 0.338. The highest BCUT2D eigenvalue weighted by Gasteiger charge is 2.13. The fraction of sp³-hybridized carbons (Fsp3) is 0.125. The fourth-order valence-electron chi connectivity index (χ4n) is 2.46. The second-order valence-corrected chi connectivity index (χ2v) is 5.21. The molecule has 0 amide bonds. The molecular weight excluding hydrogens is 320 g/mol. The zero-order valence-corrected chi connectivity index (χ0v) is 13.2. The molecule has 0 aliphatic heterocycles. The molecule has 4 aromatic rings. The van der Waals surface area contributed by atoms with Gasteiger partial charge < -0.3 is 9.72 Å². The Labute approximate surface area is 141 Å². The van der Waals surface area contributed by atoms with Crippen LogP contribution in [-0.2, 0) is 6.42 Å². The number of aromatic nitrogens is 7. The first-order chi connectivity index (χ1) is 12.3. The Hall–Kier alpha value is -3.80. The normalized spacial score (nSPS) is 10.7. The molecule has 0 bridgehead atoms. The smallest absolute Gasteiger partial charge is 0.187 e. The predicted molar refractivity (Wildman–Crippen MR) is 87.1 cm³/mol. The number of nitrogens with one attached hydrogen (secondary N) is 1. The number of rotatable bonds is 4. The van der Waals surface area contributed by atoms with Crippen molar-refractivity contribution >= 4 is 11.2 Å². The van der Waals surface area contributed by atoms with Crippen LogP contribution < -0.4 is 4.74 Å². The van der Waals surface area contributed by atoms with Crippen molar-refractivity contribution in [3.05, 3.63) is 54.0 Å². The fourth-order valence-corrected chi connectivity index (χ4v) is 2.46. The zero-order chi connectivity index (χ0) is 17.2. The van der Waals surface area contributed by atoms with Gasteiger partial charge in [-0.1, -0.05) is 5.21 Å². The van der Waals surface area contributed by atoms with E-state index in [4.69, 9.17) is 10.00 Å². The monoisotopic (exact) mass is 332 g/mol. The van der Waals surface area contributed by atoms with Crippen molar-refractivity contribution in [3.8, 4) is 17.5 Å². The van der Waals surface area contributed by atoms with E-state index in [1.807, 2.05) is 30.3 Å². The number of ether oxygens (including phenoxy) is 1. The summed E-state index contributed by atoms with van der Waals surface area (Å²) in [7, 11) is 1.62. The summed E-state index contributed by atoms with van der Waals surface area (Å²) in [6, 6.07) is 9.47. The van der Waals surface area contributed by atoms with E-state index in [2.05, 4.69) is 30.2 Å². The summed E-state index contributed by atoms with van der Waals surface area (Å²) < 4.78 is 6.80. The lowest BCUT2D eigenvalue weighted by Gasteiger charge is -2.04.